The van der Waals surface area contributed by atoms with Gasteiger partial charge in [0.25, 0.3) is 0 Å². The lowest BCUT2D eigenvalue weighted by Crippen LogP contribution is -2.49. The van der Waals surface area contributed by atoms with Crippen LogP contribution in [0.25, 0.3) is 0 Å². The summed E-state index contributed by atoms with van der Waals surface area (Å²) in [5.41, 5.74) is 1.00. The van der Waals surface area contributed by atoms with E-state index in [9.17, 15) is 9.59 Å². The number of carbonyl (C=O) groups is 2. The SMILES string of the molecule is CC[C@H](C)[C@H](NC(=O)NCc1ccccc1)C(=O)OC. The summed E-state index contributed by atoms with van der Waals surface area (Å²) < 4.78 is 4.72. The molecule has 5 nitrogen and oxygen atoms in total. The molecule has 0 radical (unpaired) electrons. The van der Waals surface area contributed by atoms with Gasteiger partial charge in [0.1, 0.15) is 6.04 Å². The van der Waals surface area contributed by atoms with E-state index in [2.05, 4.69) is 10.6 Å². The van der Waals surface area contributed by atoms with E-state index in [0.29, 0.717) is 6.54 Å². The fourth-order valence-corrected chi connectivity index (χ4v) is 1.77. The molecule has 0 aromatic heterocycles. The number of esters is 1. The summed E-state index contributed by atoms with van der Waals surface area (Å²) >= 11 is 0. The van der Waals surface area contributed by atoms with Crippen LogP contribution in [0.3, 0.4) is 0 Å². The molecular formula is C15H22N2O3. The fraction of sp³-hybridized carbons (Fsp3) is 0.467. The molecule has 2 amide bonds. The van der Waals surface area contributed by atoms with E-state index in [-0.39, 0.29) is 11.9 Å². The summed E-state index contributed by atoms with van der Waals surface area (Å²) in [5.74, 6) is -0.404. The molecular weight excluding hydrogens is 256 g/mol. The maximum atomic E-state index is 11.8. The van der Waals surface area contributed by atoms with Gasteiger partial charge in [-0.1, -0.05) is 50.6 Å². The van der Waals surface area contributed by atoms with Crippen molar-refractivity contribution in [2.24, 2.45) is 5.92 Å². The first-order chi connectivity index (χ1) is 9.58. The van der Waals surface area contributed by atoms with E-state index in [4.69, 9.17) is 4.74 Å². The van der Waals surface area contributed by atoms with Crippen LogP contribution in [0.4, 0.5) is 4.79 Å². The van der Waals surface area contributed by atoms with Crippen molar-refractivity contribution in [1.29, 1.82) is 0 Å². The highest BCUT2D eigenvalue weighted by Crippen LogP contribution is 2.09. The van der Waals surface area contributed by atoms with Crippen LogP contribution < -0.4 is 10.6 Å². The first kappa shape index (κ1) is 16.0. The average molecular weight is 278 g/mol. The van der Waals surface area contributed by atoms with Crippen LogP contribution in [0.15, 0.2) is 30.3 Å². The minimum atomic E-state index is -0.624. The maximum Gasteiger partial charge on any atom is 0.328 e. The van der Waals surface area contributed by atoms with Crippen LogP contribution in [0, 0.1) is 5.92 Å². The number of urea groups is 1. The highest BCUT2D eigenvalue weighted by Gasteiger charge is 2.26. The standard InChI is InChI=1S/C15H22N2O3/c1-4-11(2)13(14(18)20-3)17-15(19)16-10-12-8-6-5-7-9-12/h5-9,11,13H,4,10H2,1-3H3,(H2,16,17,19)/t11-,13-/m0/s1. The Labute approximate surface area is 119 Å². The number of rotatable bonds is 6. The summed E-state index contributed by atoms with van der Waals surface area (Å²) in [6, 6.07) is 8.58. The van der Waals surface area contributed by atoms with Gasteiger partial charge in [-0.3, -0.25) is 0 Å². The predicted octanol–water partition coefficient (Wildman–Crippen LogP) is 2.07. The summed E-state index contributed by atoms with van der Waals surface area (Å²) in [6.45, 7) is 4.28. The van der Waals surface area contributed by atoms with Gasteiger partial charge in [-0.05, 0) is 11.5 Å². The monoisotopic (exact) mass is 278 g/mol. The Bertz CT molecular complexity index is 434. The van der Waals surface area contributed by atoms with Gasteiger partial charge < -0.3 is 15.4 Å². The highest BCUT2D eigenvalue weighted by molar-refractivity contribution is 5.83. The van der Waals surface area contributed by atoms with Gasteiger partial charge >= 0.3 is 12.0 Å². The molecule has 110 valence electrons. The van der Waals surface area contributed by atoms with Crippen LogP contribution in [-0.4, -0.2) is 25.2 Å². The van der Waals surface area contributed by atoms with Crippen molar-refractivity contribution < 1.29 is 14.3 Å². The van der Waals surface area contributed by atoms with Gasteiger partial charge in [-0.2, -0.15) is 0 Å². The van der Waals surface area contributed by atoms with Gasteiger partial charge in [0.05, 0.1) is 7.11 Å². The van der Waals surface area contributed by atoms with Gasteiger partial charge in [0, 0.05) is 6.54 Å². The highest BCUT2D eigenvalue weighted by atomic mass is 16.5. The van der Waals surface area contributed by atoms with Gasteiger partial charge in [0.15, 0.2) is 0 Å². The van der Waals surface area contributed by atoms with E-state index >= 15 is 0 Å². The number of amides is 2. The second-order valence-electron chi connectivity index (χ2n) is 4.70. The van der Waals surface area contributed by atoms with E-state index in [1.54, 1.807) is 0 Å². The molecule has 0 aliphatic carbocycles. The number of hydrogen-bond donors (Lipinski definition) is 2. The summed E-state index contributed by atoms with van der Waals surface area (Å²) in [4.78, 5) is 23.5. The molecule has 1 rings (SSSR count). The van der Waals surface area contributed by atoms with Gasteiger partial charge in [-0.15, -0.1) is 0 Å². The van der Waals surface area contributed by atoms with Crippen LogP contribution in [0.2, 0.25) is 0 Å². The minimum absolute atomic E-state index is 0.0184. The van der Waals surface area contributed by atoms with Crippen LogP contribution in [-0.2, 0) is 16.1 Å². The summed E-state index contributed by atoms with van der Waals surface area (Å²) in [5, 5.41) is 5.39. The maximum absolute atomic E-state index is 11.8. The number of hydrogen-bond acceptors (Lipinski definition) is 3. The molecule has 1 aromatic carbocycles. The zero-order valence-electron chi connectivity index (χ0n) is 12.2. The fourth-order valence-electron chi connectivity index (χ4n) is 1.77. The van der Waals surface area contributed by atoms with Crippen LogP contribution in [0.1, 0.15) is 25.8 Å². The zero-order chi connectivity index (χ0) is 15.0. The lowest BCUT2D eigenvalue weighted by Gasteiger charge is -2.22. The normalized spacial score (nSPS) is 13.2. The van der Waals surface area contributed by atoms with Crippen molar-refractivity contribution in [3.8, 4) is 0 Å². The van der Waals surface area contributed by atoms with Crippen molar-refractivity contribution in [3.63, 3.8) is 0 Å². The molecule has 20 heavy (non-hydrogen) atoms. The molecule has 5 heteroatoms. The van der Waals surface area contributed by atoms with Crippen molar-refractivity contribution in [3.05, 3.63) is 35.9 Å². The lowest BCUT2D eigenvalue weighted by molar-refractivity contribution is -0.144. The third-order valence-corrected chi connectivity index (χ3v) is 3.25. The molecule has 0 saturated carbocycles. The van der Waals surface area contributed by atoms with Crippen molar-refractivity contribution in [2.45, 2.75) is 32.9 Å². The molecule has 0 spiro atoms. The number of nitrogens with one attached hydrogen (secondary N) is 2. The number of benzene rings is 1. The first-order valence-corrected chi connectivity index (χ1v) is 6.74. The van der Waals surface area contributed by atoms with E-state index < -0.39 is 12.0 Å². The second-order valence-corrected chi connectivity index (χ2v) is 4.70. The van der Waals surface area contributed by atoms with E-state index in [1.807, 2.05) is 44.2 Å². The molecule has 0 unspecified atom stereocenters. The van der Waals surface area contributed by atoms with Crippen molar-refractivity contribution >= 4 is 12.0 Å². The Morgan fingerprint density at radius 2 is 1.90 bits per heavy atom. The van der Waals surface area contributed by atoms with Crippen LogP contribution in [0.5, 0.6) is 0 Å². The quantitative estimate of drug-likeness (QED) is 0.783. The molecule has 0 aliphatic rings. The first-order valence-electron chi connectivity index (χ1n) is 6.74. The largest absolute Gasteiger partial charge is 0.467 e. The average Bonchev–Trinajstić information content (AvgIpc) is 2.50. The molecule has 0 fully saturated rings. The Balaban J connectivity index is 2.51. The van der Waals surface area contributed by atoms with Crippen molar-refractivity contribution in [1.82, 2.24) is 10.6 Å². The topological polar surface area (TPSA) is 67.4 Å². The molecule has 0 saturated heterocycles. The molecule has 0 heterocycles. The summed E-state index contributed by atoms with van der Waals surface area (Å²) in [7, 11) is 1.32. The van der Waals surface area contributed by atoms with E-state index in [0.717, 1.165) is 12.0 Å². The van der Waals surface area contributed by atoms with Gasteiger partial charge in [-0.25, -0.2) is 9.59 Å². The minimum Gasteiger partial charge on any atom is -0.467 e. The Morgan fingerprint density at radius 1 is 1.25 bits per heavy atom. The number of carbonyl (C=O) groups excluding carboxylic acids is 2. The molecule has 2 atom stereocenters. The third-order valence-electron chi connectivity index (χ3n) is 3.25. The molecule has 0 bridgehead atoms. The van der Waals surface area contributed by atoms with Crippen molar-refractivity contribution in [2.75, 3.05) is 7.11 Å². The Kier molecular flexibility index (Phi) is 6.56. The smallest absolute Gasteiger partial charge is 0.328 e. The number of methoxy groups -OCH3 is 1. The zero-order valence-corrected chi connectivity index (χ0v) is 12.2. The van der Waals surface area contributed by atoms with Gasteiger partial charge in [0.2, 0.25) is 0 Å². The molecule has 1 aromatic rings. The summed E-state index contributed by atoms with van der Waals surface area (Å²) in [6.07, 6.45) is 0.777. The van der Waals surface area contributed by atoms with E-state index in [1.165, 1.54) is 7.11 Å². The molecule has 2 N–H and O–H groups in total. The lowest BCUT2D eigenvalue weighted by atomic mass is 9.99. The third kappa shape index (κ3) is 4.91. The predicted molar refractivity (Wildman–Crippen MR) is 77.1 cm³/mol. The van der Waals surface area contributed by atoms with Crippen LogP contribution >= 0.6 is 0 Å². The Hall–Kier alpha value is -2.04. The molecule has 0 aliphatic heterocycles. The second kappa shape index (κ2) is 8.19. The number of ether oxygens (including phenoxy) is 1. The Morgan fingerprint density at radius 3 is 2.45 bits per heavy atom.